The molecule has 3 aromatic carbocycles. The fourth-order valence-electron chi connectivity index (χ4n) is 4.60. The molecule has 1 amide bonds. The molecule has 0 fully saturated rings. The van der Waals surface area contributed by atoms with E-state index in [2.05, 4.69) is 84.2 Å². The van der Waals surface area contributed by atoms with Gasteiger partial charge in [-0.1, -0.05) is 91.0 Å². The minimum atomic E-state index is -0.561. The third kappa shape index (κ3) is 3.38. The van der Waals surface area contributed by atoms with Gasteiger partial charge < -0.3 is 4.90 Å². The van der Waals surface area contributed by atoms with E-state index in [1.54, 1.807) is 0 Å². The summed E-state index contributed by atoms with van der Waals surface area (Å²) in [5.74, 6) is 0.104. The average Bonchev–Trinajstić information content (AvgIpc) is 3.33. The number of nitrogens with one attached hydrogen (secondary N) is 1. The fourth-order valence-corrected chi connectivity index (χ4v) is 5.55. The van der Waals surface area contributed by atoms with Crippen LogP contribution in [-0.4, -0.2) is 24.4 Å². The van der Waals surface area contributed by atoms with Gasteiger partial charge >= 0.3 is 0 Å². The summed E-state index contributed by atoms with van der Waals surface area (Å²) in [4.78, 5) is 15.4. The van der Waals surface area contributed by atoms with Crippen LogP contribution in [0, 0.1) is 0 Å². The molecule has 154 valence electrons. The van der Waals surface area contributed by atoms with Gasteiger partial charge in [0.05, 0.1) is 16.5 Å². The van der Waals surface area contributed by atoms with Gasteiger partial charge in [-0.3, -0.25) is 10.1 Å². The largest absolute Gasteiger partial charge is 0.339 e. The van der Waals surface area contributed by atoms with Crippen molar-refractivity contribution in [1.29, 1.82) is 0 Å². The highest BCUT2D eigenvalue weighted by molar-refractivity contribution is 7.12. The Morgan fingerprint density at radius 2 is 1.29 bits per heavy atom. The summed E-state index contributed by atoms with van der Waals surface area (Å²) in [7, 11) is 1.88. The first-order valence-corrected chi connectivity index (χ1v) is 11.4. The Kier molecular flexibility index (Phi) is 5.18. The number of fused-ring (bicyclic) bond motifs is 1. The van der Waals surface area contributed by atoms with E-state index in [0.717, 1.165) is 10.4 Å². The van der Waals surface area contributed by atoms with Crippen molar-refractivity contribution in [1.82, 2.24) is 10.2 Å². The number of benzene rings is 3. The molecule has 1 aromatic heterocycles. The summed E-state index contributed by atoms with van der Waals surface area (Å²) in [6.07, 6.45) is 0. The second-order valence-corrected chi connectivity index (χ2v) is 8.85. The number of amides is 1. The van der Waals surface area contributed by atoms with Gasteiger partial charge in [-0.05, 0) is 33.7 Å². The number of carbonyl (C=O) groups is 1. The van der Waals surface area contributed by atoms with Gasteiger partial charge in [0.15, 0.2) is 0 Å². The highest BCUT2D eigenvalue weighted by atomic mass is 32.1. The summed E-state index contributed by atoms with van der Waals surface area (Å²) < 4.78 is 0. The monoisotopic (exact) mass is 424 g/mol. The highest BCUT2D eigenvalue weighted by Gasteiger charge is 2.41. The van der Waals surface area contributed by atoms with Crippen LogP contribution in [0.1, 0.15) is 38.0 Å². The lowest BCUT2D eigenvalue weighted by atomic mass is 9.76. The highest BCUT2D eigenvalue weighted by Crippen LogP contribution is 2.41. The van der Waals surface area contributed by atoms with Crippen LogP contribution in [0.25, 0.3) is 0 Å². The van der Waals surface area contributed by atoms with Crippen LogP contribution in [0.4, 0.5) is 0 Å². The van der Waals surface area contributed by atoms with Crippen molar-refractivity contribution in [3.05, 3.63) is 130 Å². The molecule has 0 saturated heterocycles. The molecule has 1 aliphatic rings. The topological polar surface area (TPSA) is 32.3 Å². The molecule has 1 atom stereocenters. The van der Waals surface area contributed by atoms with E-state index in [1.165, 1.54) is 28.0 Å². The van der Waals surface area contributed by atoms with E-state index in [9.17, 15) is 4.79 Å². The molecule has 3 nitrogen and oxygen atoms in total. The van der Waals surface area contributed by atoms with Crippen molar-refractivity contribution in [2.45, 2.75) is 11.6 Å². The molecule has 31 heavy (non-hydrogen) atoms. The van der Waals surface area contributed by atoms with E-state index in [-0.39, 0.29) is 11.9 Å². The number of thiophene rings is 1. The number of nitrogens with zero attached hydrogens (tertiary/aromatic N) is 1. The lowest BCUT2D eigenvalue weighted by molar-refractivity contribution is 0.0756. The number of rotatable bonds is 5. The van der Waals surface area contributed by atoms with Crippen molar-refractivity contribution in [2.24, 2.45) is 0 Å². The number of hydrogen-bond acceptors (Lipinski definition) is 3. The maximum absolute atomic E-state index is 12.7. The van der Waals surface area contributed by atoms with Gasteiger partial charge in [0.25, 0.3) is 5.91 Å². The number of hydrogen-bond donors (Lipinski definition) is 1. The zero-order chi connectivity index (χ0) is 21.3. The second kappa shape index (κ2) is 8.14. The molecule has 2 heterocycles. The van der Waals surface area contributed by atoms with Gasteiger partial charge in [0.2, 0.25) is 0 Å². The van der Waals surface area contributed by atoms with Gasteiger partial charge in [0.1, 0.15) is 0 Å². The number of likely N-dealkylation sites (N-methyl/N-ethyl adjacent to an activating group) is 1. The maximum Gasteiger partial charge on any atom is 0.264 e. The van der Waals surface area contributed by atoms with Gasteiger partial charge in [-0.25, -0.2) is 0 Å². The SMILES string of the molecule is CN1CC(NC(c2ccccc2)(c2ccccc2)c2ccccc2)c2ccsc2C1=O. The molecule has 0 aliphatic carbocycles. The minimum absolute atomic E-state index is 0.00423. The smallest absolute Gasteiger partial charge is 0.264 e. The van der Waals surface area contributed by atoms with E-state index in [0.29, 0.717) is 6.54 Å². The first-order chi connectivity index (χ1) is 15.2. The van der Waals surface area contributed by atoms with Crippen LogP contribution >= 0.6 is 11.3 Å². The van der Waals surface area contributed by atoms with Crippen molar-refractivity contribution in [3.63, 3.8) is 0 Å². The molecule has 4 aromatic rings. The lowest BCUT2D eigenvalue weighted by Gasteiger charge is -2.42. The predicted octanol–water partition coefficient (Wildman–Crippen LogP) is 5.46. The molecular formula is C27H24N2OS. The van der Waals surface area contributed by atoms with Crippen molar-refractivity contribution in [2.75, 3.05) is 13.6 Å². The molecule has 0 radical (unpaired) electrons. The Morgan fingerprint density at radius 1 is 0.806 bits per heavy atom. The van der Waals surface area contributed by atoms with Crippen molar-refractivity contribution in [3.8, 4) is 0 Å². The Balaban J connectivity index is 1.74. The van der Waals surface area contributed by atoms with Crippen LogP contribution in [0.5, 0.6) is 0 Å². The Bertz CT molecular complexity index is 1070. The third-order valence-electron chi connectivity index (χ3n) is 6.08. The Hall–Kier alpha value is -3.21. The van der Waals surface area contributed by atoms with E-state index >= 15 is 0 Å². The summed E-state index contributed by atoms with van der Waals surface area (Å²) in [5, 5.41) is 6.04. The van der Waals surface area contributed by atoms with Gasteiger partial charge in [-0.15, -0.1) is 11.3 Å². The molecule has 1 aliphatic heterocycles. The minimum Gasteiger partial charge on any atom is -0.339 e. The average molecular weight is 425 g/mol. The van der Waals surface area contributed by atoms with Crippen LogP contribution in [0.3, 0.4) is 0 Å². The normalized spacial score (nSPS) is 16.2. The Morgan fingerprint density at radius 3 is 1.77 bits per heavy atom. The summed E-state index contributed by atoms with van der Waals surface area (Å²) in [6, 6.07) is 33.8. The lowest BCUT2D eigenvalue weighted by Crippen LogP contribution is -2.51. The Labute approximate surface area is 187 Å². The number of carbonyl (C=O) groups excluding carboxylic acids is 1. The predicted molar refractivity (Wildman–Crippen MR) is 126 cm³/mol. The summed E-state index contributed by atoms with van der Waals surface area (Å²) >= 11 is 1.52. The van der Waals surface area contributed by atoms with Crippen LogP contribution in [-0.2, 0) is 5.54 Å². The molecule has 4 heteroatoms. The fraction of sp³-hybridized carbons (Fsp3) is 0.148. The molecule has 5 rings (SSSR count). The first kappa shape index (κ1) is 19.7. The molecular weight excluding hydrogens is 400 g/mol. The summed E-state index contributed by atoms with van der Waals surface area (Å²) in [6.45, 7) is 0.622. The molecule has 1 unspecified atom stereocenters. The maximum atomic E-state index is 12.7. The quantitative estimate of drug-likeness (QED) is 0.432. The van der Waals surface area contributed by atoms with E-state index < -0.39 is 5.54 Å². The molecule has 1 N–H and O–H groups in total. The first-order valence-electron chi connectivity index (χ1n) is 10.5. The molecule has 0 spiro atoms. The molecule has 0 bridgehead atoms. The standard InChI is InChI=1S/C27H24N2OS/c1-29-19-24(23-17-18-31-25(23)26(29)30)28-27(20-11-5-2-6-12-20,21-13-7-3-8-14-21)22-15-9-4-10-16-22/h2-18,24,28H,19H2,1H3. The van der Waals surface area contributed by atoms with Gasteiger partial charge in [0, 0.05) is 13.6 Å². The van der Waals surface area contributed by atoms with Crippen molar-refractivity contribution < 1.29 is 4.79 Å². The van der Waals surface area contributed by atoms with Crippen molar-refractivity contribution >= 4 is 17.2 Å². The molecule has 0 saturated carbocycles. The van der Waals surface area contributed by atoms with Crippen LogP contribution in [0.2, 0.25) is 0 Å². The summed E-state index contributed by atoms with van der Waals surface area (Å²) in [5.41, 5.74) is 4.03. The van der Waals surface area contributed by atoms with E-state index in [4.69, 9.17) is 0 Å². The van der Waals surface area contributed by atoms with Crippen LogP contribution < -0.4 is 5.32 Å². The van der Waals surface area contributed by atoms with Gasteiger partial charge in [-0.2, -0.15) is 0 Å². The second-order valence-electron chi connectivity index (χ2n) is 7.94. The zero-order valence-corrected chi connectivity index (χ0v) is 18.2. The van der Waals surface area contributed by atoms with E-state index in [1.807, 2.05) is 35.5 Å². The third-order valence-corrected chi connectivity index (χ3v) is 7.00. The van der Waals surface area contributed by atoms with Crippen LogP contribution in [0.15, 0.2) is 102 Å². The zero-order valence-electron chi connectivity index (χ0n) is 17.4.